The summed E-state index contributed by atoms with van der Waals surface area (Å²) in [5.74, 6) is -0.0670. The van der Waals surface area contributed by atoms with Crippen molar-refractivity contribution in [1.29, 1.82) is 0 Å². The Morgan fingerprint density at radius 2 is 1.79 bits per heavy atom. The monoisotopic (exact) mass is 395 g/mol. The summed E-state index contributed by atoms with van der Waals surface area (Å²) in [6, 6.07) is 12.4. The number of aromatic nitrogens is 1. The van der Waals surface area contributed by atoms with Crippen LogP contribution in [0.5, 0.6) is 5.88 Å². The van der Waals surface area contributed by atoms with E-state index in [1.54, 1.807) is 30.3 Å². The Balaban J connectivity index is 1.98. The molecule has 1 heterocycles. The van der Waals surface area contributed by atoms with Crippen LogP contribution in [0.3, 0.4) is 0 Å². The second-order valence-electron chi connectivity index (χ2n) is 4.94. The first-order valence-electron chi connectivity index (χ1n) is 6.84. The average Bonchev–Trinajstić information content (AvgIpc) is 2.84. The molecule has 0 atom stereocenters. The summed E-state index contributed by atoms with van der Waals surface area (Å²) >= 11 is 18.5. The summed E-state index contributed by atoms with van der Waals surface area (Å²) in [7, 11) is 0. The molecular formula is C16H11Cl2N3OS2. The highest BCUT2D eigenvalue weighted by molar-refractivity contribution is 7.73. The molecule has 0 radical (unpaired) electrons. The van der Waals surface area contributed by atoms with Gasteiger partial charge in [0.2, 0.25) is 10.9 Å². The van der Waals surface area contributed by atoms with E-state index in [1.165, 1.54) is 15.9 Å². The predicted octanol–water partition coefficient (Wildman–Crippen LogP) is 7.00. The molecule has 0 unspecified atom stereocenters. The van der Waals surface area contributed by atoms with E-state index in [4.69, 9.17) is 35.4 Å². The first kappa shape index (κ1) is 17.1. The molecule has 122 valence electrons. The molecular weight excluding hydrogens is 385 g/mol. The highest BCUT2D eigenvalue weighted by Gasteiger charge is 2.14. The lowest BCUT2D eigenvalue weighted by Gasteiger charge is -2.06. The third-order valence-electron chi connectivity index (χ3n) is 3.27. The minimum Gasteiger partial charge on any atom is -0.492 e. The van der Waals surface area contributed by atoms with Gasteiger partial charge >= 0.3 is 0 Å². The van der Waals surface area contributed by atoms with E-state index >= 15 is 0 Å². The van der Waals surface area contributed by atoms with Crippen molar-refractivity contribution in [3.8, 4) is 11.6 Å². The fourth-order valence-corrected chi connectivity index (χ4v) is 3.42. The summed E-state index contributed by atoms with van der Waals surface area (Å²) < 4.78 is 1.97. The van der Waals surface area contributed by atoms with Crippen LogP contribution in [0.15, 0.2) is 52.7 Å². The van der Waals surface area contributed by atoms with Gasteiger partial charge in [0.25, 0.3) is 0 Å². The van der Waals surface area contributed by atoms with Gasteiger partial charge in [-0.05, 0) is 61.1 Å². The van der Waals surface area contributed by atoms with Gasteiger partial charge in [-0.25, -0.2) is 0 Å². The van der Waals surface area contributed by atoms with Crippen molar-refractivity contribution in [2.24, 2.45) is 10.2 Å². The van der Waals surface area contributed by atoms with Gasteiger partial charge in [-0.3, -0.25) is 4.57 Å². The van der Waals surface area contributed by atoms with Crippen LogP contribution in [-0.2, 0) is 0 Å². The minimum atomic E-state index is -0.0670. The Morgan fingerprint density at radius 3 is 2.46 bits per heavy atom. The summed E-state index contributed by atoms with van der Waals surface area (Å²) in [4.78, 5) is 0. The molecule has 0 bridgehead atoms. The van der Waals surface area contributed by atoms with Gasteiger partial charge in [0.05, 0.1) is 11.4 Å². The lowest BCUT2D eigenvalue weighted by atomic mass is 10.2. The quantitative estimate of drug-likeness (QED) is 0.383. The molecule has 2 aromatic carbocycles. The van der Waals surface area contributed by atoms with Gasteiger partial charge in [-0.15, -0.1) is 10.2 Å². The van der Waals surface area contributed by atoms with Crippen LogP contribution in [-0.4, -0.2) is 9.67 Å². The van der Waals surface area contributed by atoms with Gasteiger partial charge in [-0.2, -0.15) is 0 Å². The molecule has 1 aromatic heterocycles. The zero-order valence-electron chi connectivity index (χ0n) is 12.4. The summed E-state index contributed by atoms with van der Waals surface area (Å²) in [6.07, 6.45) is 0. The maximum absolute atomic E-state index is 10.4. The highest BCUT2D eigenvalue weighted by Crippen LogP contribution is 2.38. The first-order chi connectivity index (χ1) is 11.5. The number of rotatable bonds is 3. The van der Waals surface area contributed by atoms with Gasteiger partial charge < -0.3 is 5.11 Å². The second kappa shape index (κ2) is 7.03. The zero-order chi connectivity index (χ0) is 17.3. The van der Waals surface area contributed by atoms with Crippen LogP contribution in [0.4, 0.5) is 10.7 Å². The van der Waals surface area contributed by atoms with E-state index in [9.17, 15) is 5.11 Å². The van der Waals surface area contributed by atoms with Crippen LogP contribution in [0.2, 0.25) is 10.0 Å². The summed E-state index contributed by atoms with van der Waals surface area (Å²) in [5.41, 5.74) is 2.25. The maximum atomic E-state index is 10.4. The number of hydrogen-bond donors (Lipinski definition) is 1. The SMILES string of the molecule is Cc1ccc(-n2c(O)c(N=Nc3ccc(Cl)cc3)sc2=S)cc1Cl. The number of aromatic hydroxyl groups is 1. The van der Waals surface area contributed by atoms with Crippen LogP contribution >= 0.6 is 46.8 Å². The van der Waals surface area contributed by atoms with Crippen molar-refractivity contribution in [2.75, 3.05) is 0 Å². The van der Waals surface area contributed by atoms with Gasteiger partial charge in [0, 0.05) is 10.0 Å². The van der Waals surface area contributed by atoms with Crippen molar-refractivity contribution in [1.82, 2.24) is 4.57 Å². The number of benzene rings is 2. The topological polar surface area (TPSA) is 49.9 Å². The number of hydrogen-bond acceptors (Lipinski definition) is 5. The Morgan fingerprint density at radius 1 is 1.08 bits per heavy atom. The molecule has 0 aliphatic rings. The summed E-state index contributed by atoms with van der Waals surface area (Å²) in [5, 5.41) is 20.2. The second-order valence-corrected chi connectivity index (χ2v) is 7.41. The number of thiazole rings is 1. The normalized spacial score (nSPS) is 11.3. The molecule has 0 saturated heterocycles. The highest BCUT2D eigenvalue weighted by atomic mass is 35.5. The Hall–Kier alpha value is -1.73. The summed E-state index contributed by atoms with van der Waals surface area (Å²) in [6.45, 7) is 1.91. The molecule has 0 saturated carbocycles. The standard InChI is InChI=1S/C16H11Cl2N3OS2/c1-9-2-7-12(8-13(9)18)21-15(22)14(24-16(21)23)20-19-11-5-3-10(17)4-6-11/h2-8,22H,1H3. The number of aryl methyl sites for hydroxylation is 1. The first-order valence-corrected chi connectivity index (χ1v) is 8.82. The van der Waals surface area contributed by atoms with Crippen molar-refractivity contribution in [3.05, 3.63) is 62.0 Å². The minimum absolute atomic E-state index is 0.0670. The van der Waals surface area contributed by atoms with E-state index in [-0.39, 0.29) is 5.88 Å². The van der Waals surface area contributed by atoms with E-state index in [2.05, 4.69) is 10.2 Å². The predicted molar refractivity (Wildman–Crippen MR) is 102 cm³/mol. The van der Waals surface area contributed by atoms with Crippen molar-refractivity contribution < 1.29 is 5.11 Å². The van der Waals surface area contributed by atoms with Gasteiger partial charge in [0.1, 0.15) is 0 Å². The van der Waals surface area contributed by atoms with Crippen molar-refractivity contribution in [2.45, 2.75) is 6.92 Å². The van der Waals surface area contributed by atoms with E-state index in [0.717, 1.165) is 5.56 Å². The third kappa shape index (κ3) is 3.52. The number of nitrogens with zero attached hydrogens (tertiary/aromatic N) is 3. The fraction of sp³-hybridized carbons (Fsp3) is 0.0625. The average molecular weight is 396 g/mol. The molecule has 3 rings (SSSR count). The molecule has 3 aromatic rings. The Kier molecular flexibility index (Phi) is 5.01. The van der Waals surface area contributed by atoms with E-state index < -0.39 is 0 Å². The largest absolute Gasteiger partial charge is 0.492 e. The smallest absolute Gasteiger partial charge is 0.236 e. The lowest BCUT2D eigenvalue weighted by Crippen LogP contribution is -1.93. The molecule has 8 heteroatoms. The van der Waals surface area contributed by atoms with Gasteiger partial charge in [-0.1, -0.05) is 40.6 Å². The van der Waals surface area contributed by atoms with Crippen LogP contribution in [0.25, 0.3) is 5.69 Å². The molecule has 24 heavy (non-hydrogen) atoms. The molecule has 0 amide bonds. The number of halogens is 2. The molecule has 0 spiro atoms. The molecule has 0 aliphatic carbocycles. The van der Waals surface area contributed by atoms with Crippen LogP contribution in [0.1, 0.15) is 5.56 Å². The van der Waals surface area contributed by atoms with E-state index in [0.29, 0.717) is 30.4 Å². The van der Waals surface area contributed by atoms with Crippen LogP contribution < -0.4 is 0 Å². The molecule has 4 nitrogen and oxygen atoms in total. The fourth-order valence-electron chi connectivity index (χ4n) is 1.98. The van der Waals surface area contributed by atoms with Crippen LogP contribution in [0, 0.1) is 10.9 Å². The Labute approximate surface area is 157 Å². The lowest BCUT2D eigenvalue weighted by molar-refractivity contribution is 0.443. The number of azo groups is 1. The third-order valence-corrected chi connectivity index (χ3v) is 5.17. The molecule has 0 aliphatic heterocycles. The molecule has 1 N–H and O–H groups in total. The maximum Gasteiger partial charge on any atom is 0.236 e. The Bertz CT molecular complexity index is 978. The van der Waals surface area contributed by atoms with Crippen molar-refractivity contribution in [3.63, 3.8) is 0 Å². The zero-order valence-corrected chi connectivity index (χ0v) is 15.5. The molecule has 0 fully saturated rings. The van der Waals surface area contributed by atoms with Crippen molar-refractivity contribution >= 4 is 57.4 Å². The van der Waals surface area contributed by atoms with E-state index in [1.807, 2.05) is 19.1 Å². The van der Waals surface area contributed by atoms with Gasteiger partial charge in [0.15, 0.2) is 3.95 Å².